The van der Waals surface area contributed by atoms with Crippen molar-refractivity contribution in [3.63, 3.8) is 0 Å². The van der Waals surface area contributed by atoms with E-state index in [9.17, 15) is 9.59 Å². The van der Waals surface area contributed by atoms with Crippen LogP contribution in [0.3, 0.4) is 0 Å². The lowest BCUT2D eigenvalue weighted by Crippen LogP contribution is -2.44. The fraction of sp³-hybridized carbons (Fsp3) is 0.600. The Morgan fingerprint density at radius 2 is 2.00 bits per heavy atom. The zero-order valence-electron chi connectivity index (χ0n) is 5.50. The lowest BCUT2D eigenvalue weighted by atomic mass is 10.0. The maximum absolute atomic E-state index is 10.6. The Hall–Kier alpha value is -0.470. The van der Waals surface area contributed by atoms with Crippen molar-refractivity contribution in [1.29, 1.82) is 0 Å². The fourth-order valence-electron chi connectivity index (χ4n) is 0.318. The van der Waals surface area contributed by atoms with Crippen LogP contribution in [0.5, 0.6) is 0 Å². The molecule has 2 unspecified atom stereocenters. The summed E-state index contributed by atoms with van der Waals surface area (Å²) < 4.78 is 0. The van der Waals surface area contributed by atoms with Crippen molar-refractivity contribution in [2.75, 3.05) is 6.16 Å². The number of carboxylic acids is 1. The van der Waals surface area contributed by atoms with Crippen molar-refractivity contribution in [3.05, 3.63) is 0 Å². The van der Waals surface area contributed by atoms with Gasteiger partial charge in [0.1, 0.15) is 0 Å². The van der Waals surface area contributed by atoms with Crippen LogP contribution >= 0.6 is 9.24 Å². The van der Waals surface area contributed by atoms with Crippen LogP contribution in [0.2, 0.25) is 0 Å². The average Bonchev–Trinajstić information content (AvgIpc) is 1.86. The summed E-state index contributed by atoms with van der Waals surface area (Å²) in [5.74, 6) is -2.23. The van der Waals surface area contributed by atoms with Gasteiger partial charge in [-0.1, -0.05) is 0 Å². The van der Waals surface area contributed by atoms with Crippen LogP contribution < -0.4 is 0 Å². The maximum atomic E-state index is 10.6. The highest BCUT2D eigenvalue weighted by molar-refractivity contribution is 7.18. The largest absolute Gasteiger partial charge is 0.479 e. The summed E-state index contributed by atoms with van der Waals surface area (Å²) in [4.78, 5) is 20.8. The SMILES string of the molecule is CC(O)(C(=O)O)C(=O)CP. The minimum atomic E-state index is -2.23. The molecule has 0 radical (unpaired) electrons. The summed E-state index contributed by atoms with van der Waals surface area (Å²) in [6.07, 6.45) is -0.0563. The number of carbonyl (C=O) groups is 2. The van der Waals surface area contributed by atoms with Crippen LogP contribution in [-0.2, 0) is 9.59 Å². The van der Waals surface area contributed by atoms with E-state index in [4.69, 9.17) is 10.2 Å². The van der Waals surface area contributed by atoms with E-state index < -0.39 is 17.4 Å². The second kappa shape index (κ2) is 3.08. The van der Waals surface area contributed by atoms with Crippen LogP contribution in [0.15, 0.2) is 0 Å². The van der Waals surface area contributed by atoms with Gasteiger partial charge in [-0.2, -0.15) is 0 Å². The molecule has 0 saturated heterocycles. The normalized spacial score (nSPS) is 15.9. The molecule has 0 spiro atoms. The van der Waals surface area contributed by atoms with Crippen molar-refractivity contribution in [3.8, 4) is 0 Å². The first-order valence-electron chi connectivity index (χ1n) is 2.62. The fourth-order valence-corrected chi connectivity index (χ4v) is 0.715. The molecule has 58 valence electrons. The van der Waals surface area contributed by atoms with E-state index in [0.717, 1.165) is 6.92 Å². The van der Waals surface area contributed by atoms with Gasteiger partial charge in [0.2, 0.25) is 5.60 Å². The summed E-state index contributed by atoms with van der Waals surface area (Å²) in [6.45, 7) is 0.960. The van der Waals surface area contributed by atoms with E-state index in [0.29, 0.717) is 0 Å². The molecule has 0 rings (SSSR count). The third-order valence-corrected chi connectivity index (χ3v) is 1.52. The van der Waals surface area contributed by atoms with Gasteiger partial charge >= 0.3 is 5.97 Å². The Morgan fingerprint density at radius 1 is 1.60 bits per heavy atom. The minimum Gasteiger partial charge on any atom is -0.479 e. The number of aliphatic hydroxyl groups is 1. The molecule has 5 heteroatoms. The number of carbonyl (C=O) groups excluding carboxylic acids is 1. The minimum absolute atomic E-state index is 0.0563. The lowest BCUT2D eigenvalue weighted by molar-refractivity contribution is -0.162. The number of ketones is 1. The maximum Gasteiger partial charge on any atom is 0.343 e. The molecule has 0 aromatic heterocycles. The number of hydrogen-bond donors (Lipinski definition) is 2. The monoisotopic (exact) mass is 164 g/mol. The van der Waals surface area contributed by atoms with Gasteiger partial charge in [-0.25, -0.2) is 4.79 Å². The molecule has 0 aliphatic carbocycles. The van der Waals surface area contributed by atoms with Crippen molar-refractivity contribution in [2.24, 2.45) is 0 Å². The quantitative estimate of drug-likeness (QED) is 0.425. The van der Waals surface area contributed by atoms with Gasteiger partial charge in [0.25, 0.3) is 0 Å². The molecule has 0 heterocycles. The van der Waals surface area contributed by atoms with Crippen molar-refractivity contribution < 1.29 is 19.8 Å². The molecular formula is C5H9O4P. The molecule has 0 fully saturated rings. The topological polar surface area (TPSA) is 74.6 Å². The van der Waals surface area contributed by atoms with Crippen molar-refractivity contribution in [1.82, 2.24) is 0 Å². The van der Waals surface area contributed by atoms with Gasteiger partial charge in [-0.15, -0.1) is 9.24 Å². The number of carboxylic acid groups (broad SMARTS) is 1. The summed E-state index contributed by atoms with van der Waals surface area (Å²) in [7, 11) is 2.05. The summed E-state index contributed by atoms with van der Waals surface area (Å²) >= 11 is 0. The molecular weight excluding hydrogens is 155 g/mol. The molecule has 0 aromatic carbocycles. The number of rotatable bonds is 3. The zero-order chi connectivity index (χ0) is 8.36. The average molecular weight is 164 g/mol. The molecule has 0 amide bonds. The second-order valence-corrected chi connectivity index (χ2v) is 2.41. The first kappa shape index (κ1) is 9.53. The summed E-state index contributed by atoms with van der Waals surface area (Å²) in [6, 6.07) is 0. The first-order valence-corrected chi connectivity index (χ1v) is 3.43. The van der Waals surface area contributed by atoms with Crippen LogP contribution in [0.1, 0.15) is 6.92 Å². The summed E-state index contributed by atoms with van der Waals surface area (Å²) in [5, 5.41) is 17.2. The summed E-state index contributed by atoms with van der Waals surface area (Å²) in [5.41, 5.74) is -2.23. The molecule has 0 aliphatic rings. The van der Waals surface area contributed by atoms with Crippen molar-refractivity contribution in [2.45, 2.75) is 12.5 Å². The van der Waals surface area contributed by atoms with E-state index >= 15 is 0 Å². The van der Waals surface area contributed by atoms with E-state index in [-0.39, 0.29) is 6.16 Å². The predicted octanol–water partition coefficient (Wildman–Crippen LogP) is -0.734. The second-order valence-electron chi connectivity index (χ2n) is 2.00. The smallest absolute Gasteiger partial charge is 0.343 e. The molecule has 2 atom stereocenters. The van der Waals surface area contributed by atoms with Gasteiger partial charge in [-0.3, -0.25) is 4.79 Å². The molecule has 0 saturated carbocycles. The number of Topliss-reactive ketones (excluding diaryl/α,β-unsaturated/α-hetero) is 1. The van der Waals surface area contributed by atoms with Crippen molar-refractivity contribution >= 4 is 21.0 Å². The number of aliphatic carboxylic acids is 1. The highest BCUT2D eigenvalue weighted by Crippen LogP contribution is 2.06. The number of hydrogen-bond acceptors (Lipinski definition) is 3. The van der Waals surface area contributed by atoms with E-state index in [1.54, 1.807) is 0 Å². The van der Waals surface area contributed by atoms with Gasteiger partial charge in [0.15, 0.2) is 5.78 Å². The Morgan fingerprint density at radius 3 is 2.10 bits per heavy atom. The van der Waals surface area contributed by atoms with Crippen LogP contribution in [0, 0.1) is 0 Å². The molecule has 4 nitrogen and oxygen atoms in total. The van der Waals surface area contributed by atoms with E-state index in [1.165, 1.54) is 0 Å². The Bertz CT molecular complexity index is 163. The third-order valence-electron chi connectivity index (χ3n) is 1.14. The Balaban J connectivity index is 4.40. The standard InChI is InChI=1S/C5H9O4P/c1-5(9,4(7)8)3(6)2-10/h9H,2,10H2,1H3,(H,7,8). The van der Waals surface area contributed by atoms with Crippen LogP contribution in [-0.4, -0.2) is 33.7 Å². The predicted molar refractivity (Wildman–Crippen MR) is 37.8 cm³/mol. The van der Waals surface area contributed by atoms with Gasteiger partial charge in [0, 0.05) is 6.16 Å². The highest BCUT2D eigenvalue weighted by atomic mass is 31.0. The molecule has 0 aromatic rings. The van der Waals surface area contributed by atoms with Crippen LogP contribution in [0.4, 0.5) is 0 Å². The molecule has 0 bridgehead atoms. The van der Waals surface area contributed by atoms with Crippen LogP contribution in [0.25, 0.3) is 0 Å². The zero-order valence-corrected chi connectivity index (χ0v) is 6.65. The first-order chi connectivity index (χ1) is 4.42. The Labute approximate surface area is 60.4 Å². The highest BCUT2D eigenvalue weighted by Gasteiger charge is 2.36. The van der Waals surface area contributed by atoms with Gasteiger partial charge < -0.3 is 10.2 Å². The Kier molecular flexibility index (Phi) is 2.94. The lowest BCUT2D eigenvalue weighted by Gasteiger charge is -2.13. The molecule has 0 aliphatic heterocycles. The third kappa shape index (κ3) is 1.75. The van der Waals surface area contributed by atoms with Gasteiger partial charge in [-0.05, 0) is 6.92 Å². The van der Waals surface area contributed by atoms with Gasteiger partial charge in [0.05, 0.1) is 0 Å². The molecule has 10 heavy (non-hydrogen) atoms. The van der Waals surface area contributed by atoms with E-state index in [2.05, 4.69) is 9.24 Å². The van der Waals surface area contributed by atoms with E-state index in [1.807, 2.05) is 0 Å². The molecule has 2 N–H and O–H groups in total.